The van der Waals surface area contributed by atoms with Gasteiger partial charge < -0.3 is 14.8 Å². The van der Waals surface area contributed by atoms with Gasteiger partial charge in [-0.1, -0.05) is 11.6 Å². The van der Waals surface area contributed by atoms with Crippen molar-refractivity contribution >= 4 is 17.3 Å². The predicted molar refractivity (Wildman–Crippen MR) is 76.3 cm³/mol. The van der Waals surface area contributed by atoms with Gasteiger partial charge in [0.15, 0.2) is 6.29 Å². The van der Waals surface area contributed by atoms with Gasteiger partial charge in [-0.05, 0) is 32.0 Å². The second-order valence-corrected chi connectivity index (χ2v) is 4.27. The number of rotatable bonds is 8. The minimum Gasteiger partial charge on any atom is -0.384 e. The standard InChI is InChI=1S/C14H19ClN2O2/c1-3-18-14(19-4-2)7-8-17-13-9-11(10-16)5-6-12(13)15/h5-6,9,14,17H,3-4,7-8H2,1-2H3. The van der Waals surface area contributed by atoms with Crippen LogP contribution in [0.2, 0.25) is 5.02 Å². The van der Waals surface area contributed by atoms with Gasteiger partial charge >= 0.3 is 0 Å². The van der Waals surface area contributed by atoms with Crippen LogP contribution >= 0.6 is 11.6 Å². The van der Waals surface area contributed by atoms with Crippen molar-refractivity contribution in [2.45, 2.75) is 26.6 Å². The number of benzene rings is 1. The van der Waals surface area contributed by atoms with Gasteiger partial charge in [-0.2, -0.15) is 5.26 Å². The summed E-state index contributed by atoms with van der Waals surface area (Å²) in [5.74, 6) is 0. The summed E-state index contributed by atoms with van der Waals surface area (Å²) in [5.41, 5.74) is 1.34. The molecule has 0 saturated heterocycles. The fourth-order valence-corrected chi connectivity index (χ4v) is 1.83. The van der Waals surface area contributed by atoms with Crippen LogP contribution < -0.4 is 5.32 Å². The second kappa shape index (κ2) is 8.76. The third-order valence-electron chi connectivity index (χ3n) is 2.50. The van der Waals surface area contributed by atoms with E-state index in [0.29, 0.717) is 30.3 Å². The zero-order valence-electron chi connectivity index (χ0n) is 11.3. The van der Waals surface area contributed by atoms with Crippen molar-refractivity contribution in [2.24, 2.45) is 0 Å². The summed E-state index contributed by atoms with van der Waals surface area (Å²) < 4.78 is 10.9. The van der Waals surface area contributed by atoms with Crippen LogP contribution in [0.15, 0.2) is 18.2 Å². The zero-order valence-corrected chi connectivity index (χ0v) is 12.0. The Hall–Kier alpha value is -1.28. The first kappa shape index (κ1) is 15.8. The minimum absolute atomic E-state index is 0.208. The maximum atomic E-state index is 8.85. The smallest absolute Gasteiger partial charge is 0.159 e. The van der Waals surface area contributed by atoms with Gasteiger partial charge in [0.25, 0.3) is 0 Å². The molecule has 0 fully saturated rings. The van der Waals surface area contributed by atoms with Crippen molar-refractivity contribution in [2.75, 3.05) is 25.1 Å². The van der Waals surface area contributed by atoms with Crippen molar-refractivity contribution in [1.82, 2.24) is 0 Å². The molecule has 0 heterocycles. The van der Waals surface area contributed by atoms with E-state index in [1.807, 2.05) is 13.8 Å². The van der Waals surface area contributed by atoms with Crippen molar-refractivity contribution < 1.29 is 9.47 Å². The molecule has 5 heteroatoms. The van der Waals surface area contributed by atoms with E-state index in [-0.39, 0.29) is 6.29 Å². The van der Waals surface area contributed by atoms with E-state index in [4.69, 9.17) is 26.3 Å². The number of anilines is 1. The lowest BCUT2D eigenvalue weighted by Crippen LogP contribution is -2.21. The van der Waals surface area contributed by atoms with Crippen LogP contribution in [0.3, 0.4) is 0 Å². The lowest BCUT2D eigenvalue weighted by atomic mass is 10.2. The lowest BCUT2D eigenvalue weighted by Gasteiger charge is -2.17. The summed E-state index contributed by atoms with van der Waals surface area (Å²) in [7, 11) is 0. The molecule has 0 unspecified atom stereocenters. The lowest BCUT2D eigenvalue weighted by molar-refractivity contribution is -0.137. The molecule has 0 atom stereocenters. The van der Waals surface area contributed by atoms with Crippen molar-refractivity contribution in [3.8, 4) is 6.07 Å². The molecule has 0 spiro atoms. The highest BCUT2D eigenvalue weighted by molar-refractivity contribution is 6.33. The first-order valence-corrected chi connectivity index (χ1v) is 6.75. The Labute approximate surface area is 119 Å². The number of nitriles is 1. The molecule has 0 aliphatic carbocycles. The molecule has 0 amide bonds. The third kappa shape index (κ3) is 5.48. The average molecular weight is 283 g/mol. The Kier molecular flexibility index (Phi) is 7.27. The first-order valence-electron chi connectivity index (χ1n) is 6.38. The molecular weight excluding hydrogens is 264 g/mol. The van der Waals surface area contributed by atoms with Gasteiger partial charge in [0.2, 0.25) is 0 Å². The van der Waals surface area contributed by atoms with Crippen LogP contribution in [-0.2, 0) is 9.47 Å². The molecular formula is C14H19ClN2O2. The van der Waals surface area contributed by atoms with Crippen molar-refractivity contribution in [3.63, 3.8) is 0 Å². The maximum Gasteiger partial charge on any atom is 0.159 e. The van der Waals surface area contributed by atoms with Gasteiger partial charge in [0, 0.05) is 26.2 Å². The molecule has 1 rings (SSSR count). The van der Waals surface area contributed by atoms with Crippen LogP contribution in [0.5, 0.6) is 0 Å². The Morgan fingerprint density at radius 2 is 2.00 bits per heavy atom. The largest absolute Gasteiger partial charge is 0.384 e. The van der Waals surface area contributed by atoms with Crippen molar-refractivity contribution in [3.05, 3.63) is 28.8 Å². The topological polar surface area (TPSA) is 54.3 Å². The highest BCUT2D eigenvalue weighted by atomic mass is 35.5. The van der Waals surface area contributed by atoms with Gasteiger partial charge in [-0.15, -0.1) is 0 Å². The van der Waals surface area contributed by atoms with E-state index >= 15 is 0 Å². The summed E-state index contributed by atoms with van der Waals surface area (Å²) in [6.45, 7) is 5.78. The number of hydrogen-bond donors (Lipinski definition) is 1. The number of nitrogens with zero attached hydrogens (tertiary/aromatic N) is 1. The normalized spacial score (nSPS) is 10.5. The molecule has 0 aromatic heterocycles. The highest BCUT2D eigenvalue weighted by Crippen LogP contribution is 2.22. The summed E-state index contributed by atoms with van der Waals surface area (Å²) in [5, 5.41) is 12.6. The van der Waals surface area contributed by atoms with E-state index in [9.17, 15) is 0 Å². The molecule has 1 aromatic rings. The fraction of sp³-hybridized carbons (Fsp3) is 0.500. The van der Waals surface area contributed by atoms with Crippen LogP contribution in [0.25, 0.3) is 0 Å². The number of hydrogen-bond acceptors (Lipinski definition) is 4. The van der Waals surface area contributed by atoms with E-state index in [2.05, 4.69) is 11.4 Å². The molecule has 0 radical (unpaired) electrons. The molecule has 0 bridgehead atoms. The first-order chi connectivity index (χ1) is 9.21. The van der Waals surface area contributed by atoms with Crippen molar-refractivity contribution in [1.29, 1.82) is 5.26 Å². The van der Waals surface area contributed by atoms with E-state index < -0.39 is 0 Å². The number of nitrogens with one attached hydrogen (secondary N) is 1. The Morgan fingerprint density at radius 1 is 1.32 bits per heavy atom. The van der Waals surface area contributed by atoms with Gasteiger partial charge in [-0.3, -0.25) is 0 Å². The van der Waals surface area contributed by atoms with Crippen LogP contribution in [0.1, 0.15) is 25.8 Å². The monoisotopic (exact) mass is 282 g/mol. The van der Waals surface area contributed by atoms with Crippen LogP contribution in [0, 0.1) is 11.3 Å². The maximum absolute atomic E-state index is 8.85. The molecule has 0 aliphatic rings. The number of ether oxygens (including phenoxy) is 2. The van der Waals surface area contributed by atoms with E-state index in [0.717, 1.165) is 12.1 Å². The molecule has 0 aliphatic heterocycles. The molecule has 1 N–H and O–H groups in total. The quantitative estimate of drug-likeness (QED) is 0.743. The van der Waals surface area contributed by atoms with E-state index in [1.54, 1.807) is 18.2 Å². The minimum atomic E-state index is -0.208. The van der Waals surface area contributed by atoms with Crippen LogP contribution in [0.4, 0.5) is 5.69 Å². The summed E-state index contributed by atoms with van der Waals surface area (Å²) in [6.07, 6.45) is 0.509. The molecule has 19 heavy (non-hydrogen) atoms. The Bertz CT molecular complexity index is 426. The van der Waals surface area contributed by atoms with Crippen LogP contribution in [-0.4, -0.2) is 26.0 Å². The average Bonchev–Trinajstić information content (AvgIpc) is 2.41. The SMILES string of the molecule is CCOC(CCNc1cc(C#N)ccc1Cl)OCC. The van der Waals surface area contributed by atoms with Gasteiger partial charge in [-0.25, -0.2) is 0 Å². The van der Waals surface area contributed by atoms with Gasteiger partial charge in [0.1, 0.15) is 0 Å². The van der Waals surface area contributed by atoms with E-state index in [1.165, 1.54) is 0 Å². The second-order valence-electron chi connectivity index (χ2n) is 3.86. The van der Waals surface area contributed by atoms with Gasteiger partial charge in [0.05, 0.1) is 22.3 Å². The summed E-state index contributed by atoms with van der Waals surface area (Å²) in [6, 6.07) is 7.23. The predicted octanol–water partition coefficient (Wildman–Crippen LogP) is 3.41. The Balaban J connectivity index is 2.49. The molecule has 104 valence electrons. The molecule has 0 saturated carbocycles. The summed E-state index contributed by atoms with van der Waals surface area (Å²) in [4.78, 5) is 0. The molecule has 4 nitrogen and oxygen atoms in total. The fourth-order valence-electron chi connectivity index (χ4n) is 1.64. The molecule has 1 aromatic carbocycles. The third-order valence-corrected chi connectivity index (χ3v) is 2.83. The zero-order chi connectivity index (χ0) is 14.1. The Morgan fingerprint density at radius 3 is 2.58 bits per heavy atom. The summed E-state index contributed by atoms with van der Waals surface area (Å²) >= 11 is 6.06. The number of halogens is 1. The highest BCUT2D eigenvalue weighted by Gasteiger charge is 2.08.